The van der Waals surface area contributed by atoms with Crippen molar-refractivity contribution in [1.29, 1.82) is 0 Å². The number of urea groups is 1. The Hall–Kier alpha value is -2.64. The van der Waals surface area contributed by atoms with Crippen LogP contribution in [0.3, 0.4) is 0 Å². The van der Waals surface area contributed by atoms with Crippen molar-refractivity contribution in [1.82, 2.24) is 14.8 Å². The number of piperazine rings is 1. The summed E-state index contributed by atoms with van der Waals surface area (Å²) in [5.74, 6) is 0.801. The normalized spacial score (nSPS) is 15.1. The van der Waals surface area contributed by atoms with Gasteiger partial charge in [-0.1, -0.05) is 12.1 Å². The standard InChI is InChI=1S/C20H22N4O2S/c1-15-4-2-5-16(12-15)21-20(25)24-9-7-23(8-10-24)13-19-22-17(14-27-19)18-6-3-11-26-18/h2-6,11-12,14H,7-10,13H2,1H3,(H,21,25). The summed E-state index contributed by atoms with van der Waals surface area (Å²) < 4.78 is 5.40. The van der Waals surface area contributed by atoms with Gasteiger partial charge >= 0.3 is 6.03 Å². The Kier molecular flexibility index (Phi) is 5.22. The average molecular weight is 382 g/mol. The van der Waals surface area contributed by atoms with Crippen LogP contribution in [0.15, 0.2) is 52.5 Å². The topological polar surface area (TPSA) is 61.6 Å². The molecule has 3 heterocycles. The van der Waals surface area contributed by atoms with Gasteiger partial charge in [0.15, 0.2) is 5.76 Å². The largest absolute Gasteiger partial charge is 0.463 e. The zero-order chi connectivity index (χ0) is 18.6. The number of rotatable bonds is 4. The van der Waals surface area contributed by atoms with Crippen LogP contribution in [0.4, 0.5) is 10.5 Å². The molecule has 0 radical (unpaired) electrons. The first-order valence-electron chi connectivity index (χ1n) is 9.00. The van der Waals surface area contributed by atoms with Gasteiger partial charge in [-0.05, 0) is 36.8 Å². The Labute approximate surface area is 162 Å². The molecule has 0 saturated carbocycles. The summed E-state index contributed by atoms with van der Waals surface area (Å²) in [7, 11) is 0. The molecule has 2 aromatic heterocycles. The monoisotopic (exact) mass is 382 g/mol. The number of hydrogen-bond acceptors (Lipinski definition) is 5. The molecular weight excluding hydrogens is 360 g/mol. The highest BCUT2D eigenvalue weighted by Crippen LogP contribution is 2.23. The van der Waals surface area contributed by atoms with Gasteiger partial charge in [-0.15, -0.1) is 11.3 Å². The summed E-state index contributed by atoms with van der Waals surface area (Å²) in [6, 6.07) is 11.6. The average Bonchev–Trinajstić information content (AvgIpc) is 3.34. The van der Waals surface area contributed by atoms with Crippen molar-refractivity contribution in [2.75, 3.05) is 31.5 Å². The smallest absolute Gasteiger partial charge is 0.321 e. The molecule has 1 aliphatic rings. The van der Waals surface area contributed by atoms with E-state index in [0.717, 1.165) is 47.3 Å². The van der Waals surface area contributed by atoms with Gasteiger partial charge in [0.1, 0.15) is 10.7 Å². The Morgan fingerprint density at radius 3 is 2.81 bits per heavy atom. The summed E-state index contributed by atoms with van der Waals surface area (Å²) in [6.45, 7) is 5.94. The number of nitrogens with one attached hydrogen (secondary N) is 1. The van der Waals surface area contributed by atoms with Crippen LogP contribution < -0.4 is 5.32 Å². The van der Waals surface area contributed by atoms with Crippen LogP contribution in [0, 0.1) is 6.92 Å². The van der Waals surface area contributed by atoms with Crippen molar-refractivity contribution in [3.63, 3.8) is 0 Å². The number of aryl methyl sites for hydroxylation is 1. The molecule has 1 fully saturated rings. The lowest BCUT2D eigenvalue weighted by molar-refractivity contribution is 0.143. The lowest BCUT2D eigenvalue weighted by Crippen LogP contribution is -2.49. The van der Waals surface area contributed by atoms with Gasteiger partial charge in [-0.3, -0.25) is 4.90 Å². The second-order valence-electron chi connectivity index (χ2n) is 6.67. The first-order valence-corrected chi connectivity index (χ1v) is 9.88. The molecule has 140 valence electrons. The van der Waals surface area contributed by atoms with Crippen molar-refractivity contribution < 1.29 is 9.21 Å². The number of carbonyl (C=O) groups excluding carboxylic acids is 1. The lowest BCUT2D eigenvalue weighted by Gasteiger charge is -2.34. The van der Waals surface area contributed by atoms with Crippen LogP contribution in [-0.2, 0) is 6.54 Å². The number of hydrogen-bond donors (Lipinski definition) is 1. The summed E-state index contributed by atoms with van der Waals surface area (Å²) >= 11 is 1.65. The Bertz CT molecular complexity index is 898. The molecule has 0 unspecified atom stereocenters. The number of nitrogens with zero attached hydrogens (tertiary/aromatic N) is 3. The van der Waals surface area contributed by atoms with E-state index in [2.05, 4.69) is 15.2 Å². The van der Waals surface area contributed by atoms with E-state index in [0.29, 0.717) is 13.1 Å². The van der Waals surface area contributed by atoms with E-state index in [1.165, 1.54) is 0 Å². The molecule has 1 saturated heterocycles. The molecule has 0 atom stereocenters. The molecule has 4 rings (SSSR count). The molecule has 0 spiro atoms. The van der Waals surface area contributed by atoms with Crippen molar-refractivity contribution in [2.24, 2.45) is 0 Å². The molecule has 0 bridgehead atoms. The Balaban J connectivity index is 1.28. The third-order valence-corrected chi connectivity index (χ3v) is 5.45. The molecule has 0 aliphatic carbocycles. The maximum absolute atomic E-state index is 12.5. The third-order valence-electron chi connectivity index (χ3n) is 4.61. The van der Waals surface area contributed by atoms with Gasteiger partial charge in [-0.2, -0.15) is 0 Å². The van der Waals surface area contributed by atoms with E-state index in [1.54, 1.807) is 17.6 Å². The minimum Gasteiger partial charge on any atom is -0.463 e. The predicted molar refractivity (Wildman–Crippen MR) is 107 cm³/mol. The second-order valence-corrected chi connectivity index (χ2v) is 7.61. The molecule has 3 aromatic rings. The maximum Gasteiger partial charge on any atom is 0.321 e. The molecule has 2 amide bonds. The zero-order valence-corrected chi connectivity index (χ0v) is 16.0. The van der Waals surface area contributed by atoms with E-state index in [9.17, 15) is 4.79 Å². The minimum absolute atomic E-state index is 0.0328. The van der Waals surface area contributed by atoms with Crippen LogP contribution >= 0.6 is 11.3 Å². The lowest BCUT2D eigenvalue weighted by atomic mass is 10.2. The Morgan fingerprint density at radius 2 is 2.07 bits per heavy atom. The molecule has 27 heavy (non-hydrogen) atoms. The fourth-order valence-corrected chi connectivity index (χ4v) is 3.97. The van der Waals surface area contributed by atoms with Crippen molar-refractivity contribution in [3.05, 3.63) is 58.6 Å². The fraction of sp³-hybridized carbons (Fsp3) is 0.300. The first kappa shape index (κ1) is 17.8. The van der Waals surface area contributed by atoms with Gasteiger partial charge in [-0.25, -0.2) is 9.78 Å². The summed E-state index contributed by atoms with van der Waals surface area (Å²) in [5.41, 5.74) is 2.86. The molecule has 6 nitrogen and oxygen atoms in total. The van der Waals surface area contributed by atoms with Gasteiger partial charge in [0.25, 0.3) is 0 Å². The highest BCUT2D eigenvalue weighted by Gasteiger charge is 2.22. The number of benzene rings is 1. The third kappa shape index (κ3) is 4.37. The van der Waals surface area contributed by atoms with E-state index in [1.807, 2.05) is 53.6 Å². The van der Waals surface area contributed by atoms with Crippen molar-refractivity contribution in [3.8, 4) is 11.5 Å². The Morgan fingerprint density at radius 1 is 1.22 bits per heavy atom. The van der Waals surface area contributed by atoms with Crippen molar-refractivity contribution in [2.45, 2.75) is 13.5 Å². The van der Waals surface area contributed by atoms with Gasteiger partial charge in [0.2, 0.25) is 0 Å². The summed E-state index contributed by atoms with van der Waals surface area (Å²) in [4.78, 5) is 21.3. The van der Waals surface area contributed by atoms with Crippen LogP contribution in [0.1, 0.15) is 10.6 Å². The molecule has 7 heteroatoms. The number of thiazole rings is 1. The van der Waals surface area contributed by atoms with Crippen molar-refractivity contribution >= 4 is 23.1 Å². The minimum atomic E-state index is -0.0328. The van der Waals surface area contributed by atoms with Crippen LogP contribution in [0.25, 0.3) is 11.5 Å². The number of carbonyl (C=O) groups is 1. The van der Waals surface area contributed by atoms with Gasteiger partial charge in [0, 0.05) is 37.2 Å². The first-order chi connectivity index (χ1) is 13.2. The van der Waals surface area contributed by atoms with Crippen LogP contribution in [-0.4, -0.2) is 47.0 Å². The van der Waals surface area contributed by atoms with Crippen LogP contribution in [0.5, 0.6) is 0 Å². The molecule has 1 N–H and O–H groups in total. The number of furan rings is 1. The van der Waals surface area contributed by atoms with Gasteiger partial charge < -0.3 is 14.6 Å². The number of amides is 2. The molecule has 1 aliphatic heterocycles. The highest BCUT2D eigenvalue weighted by molar-refractivity contribution is 7.09. The quantitative estimate of drug-likeness (QED) is 0.739. The van der Waals surface area contributed by atoms with E-state index < -0.39 is 0 Å². The molecular formula is C20H22N4O2S. The predicted octanol–water partition coefficient (Wildman–Crippen LogP) is 4.06. The maximum atomic E-state index is 12.5. The van der Waals surface area contributed by atoms with E-state index >= 15 is 0 Å². The summed E-state index contributed by atoms with van der Waals surface area (Å²) in [6.07, 6.45) is 1.66. The second kappa shape index (κ2) is 7.94. The van der Waals surface area contributed by atoms with E-state index in [-0.39, 0.29) is 6.03 Å². The molecule has 1 aromatic carbocycles. The van der Waals surface area contributed by atoms with Gasteiger partial charge in [0.05, 0.1) is 12.8 Å². The van der Waals surface area contributed by atoms with E-state index in [4.69, 9.17) is 4.42 Å². The van der Waals surface area contributed by atoms with Crippen LogP contribution in [0.2, 0.25) is 0 Å². The number of aromatic nitrogens is 1. The fourth-order valence-electron chi connectivity index (χ4n) is 3.15. The zero-order valence-electron chi connectivity index (χ0n) is 15.2. The number of anilines is 1. The SMILES string of the molecule is Cc1cccc(NC(=O)N2CCN(Cc3nc(-c4ccco4)cs3)CC2)c1. The summed E-state index contributed by atoms with van der Waals surface area (Å²) in [5, 5.41) is 6.08. The highest BCUT2D eigenvalue weighted by atomic mass is 32.1.